The predicted octanol–water partition coefficient (Wildman–Crippen LogP) is 3.41. The second-order valence-electron chi connectivity index (χ2n) is 4.96. The Kier molecular flexibility index (Phi) is 4.69. The Bertz CT molecular complexity index is 873. The Morgan fingerprint density at radius 1 is 1.04 bits per heavy atom. The molecule has 2 aromatic rings. The fourth-order valence-electron chi connectivity index (χ4n) is 2.02. The van der Waals surface area contributed by atoms with E-state index in [9.17, 15) is 30.1 Å². The van der Waals surface area contributed by atoms with E-state index in [1.807, 2.05) is 0 Å². The molecule has 0 amide bonds. The molecule has 0 aliphatic heterocycles. The van der Waals surface area contributed by atoms with Crippen LogP contribution in [0.15, 0.2) is 42.5 Å². The van der Waals surface area contributed by atoms with Crippen molar-refractivity contribution in [3.8, 4) is 5.75 Å². The number of hydrogen-bond donors (Lipinski definition) is 1. The molecule has 8 nitrogen and oxygen atoms in total. The SMILES string of the molecule is Cc1ccc(C(=O)/C=C/c2ccc(O)c([N+](=O)[O-])c2)cc1[N+](=O)[O-]. The molecule has 0 aliphatic carbocycles. The van der Waals surface area contributed by atoms with Gasteiger partial charge in [-0.25, -0.2) is 0 Å². The molecule has 0 bridgehead atoms. The zero-order chi connectivity index (χ0) is 17.9. The Balaban J connectivity index is 2.28. The number of phenols is 1. The number of benzene rings is 2. The molecule has 0 radical (unpaired) electrons. The summed E-state index contributed by atoms with van der Waals surface area (Å²) in [7, 11) is 0. The highest BCUT2D eigenvalue weighted by Crippen LogP contribution is 2.27. The molecule has 0 aromatic heterocycles. The van der Waals surface area contributed by atoms with Gasteiger partial charge in [0, 0.05) is 23.3 Å². The monoisotopic (exact) mass is 328 g/mol. The lowest BCUT2D eigenvalue weighted by Gasteiger charge is -2.00. The number of phenolic OH excluding ortho intramolecular Hbond substituents is 1. The van der Waals surface area contributed by atoms with Crippen LogP contribution in [0.2, 0.25) is 0 Å². The second kappa shape index (κ2) is 6.69. The van der Waals surface area contributed by atoms with E-state index in [-0.39, 0.29) is 11.3 Å². The number of nitro groups is 2. The zero-order valence-corrected chi connectivity index (χ0v) is 12.5. The number of rotatable bonds is 5. The summed E-state index contributed by atoms with van der Waals surface area (Å²) in [5.74, 6) is -0.952. The molecular weight excluding hydrogens is 316 g/mol. The first-order chi connectivity index (χ1) is 11.3. The molecule has 0 heterocycles. The summed E-state index contributed by atoms with van der Waals surface area (Å²) in [6, 6.07) is 7.81. The number of allylic oxidation sites excluding steroid dienone is 1. The molecule has 24 heavy (non-hydrogen) atoms. The van der Waals surface area contributed by atoms with E-state index in [0.717, 1.165) is 18.2 Å². The van der Waals surface area contributed by atoms with Crippen LogP contribution < -0.4 is 0 Å². The molecule has 2 rings (SSSR count). The van der Waals surface area contributed by atoms with Gasteiger partial charge in [0.05, 0.1) is 9.85 Å². The number of nitro benzene ring substituents is 2. The summed E-state index contributed by atoms with van der Waals surface area (Å²) in [5, 5.41) is 31.0. The average Bonchev–Trinajstić information content (AvgIpc) is 2.53. The smallest absolute Gasteiger partial charge is 0.311 e. The second-order valence-corrected chi connectivity index (χ2v) is 4.96. The van der Waals surface area contributed by atoms with Gasteiger partial charge in [0.25, 0.3) is 5.69 Å². The standard InChI is InChI=1S/C16H12N2O6/c1-10-2-5-12(9-13(10)17(21)22)15(19)6-3-11-4-7-16(20)14(8-11)18(23)24/h2-9,20H,1H3/b6-3+. The molecule has 0 spiro atoms. The van der Waals surface area contributed by atoms with Crippen molar-refractivity contribution in [2.24, 2.45) is 0 Å². The minimum absolute atomic E-state index is 0.136. The van der Waals surface area contributed by atoms with Crippen LogP contribution in [-0.2, 0) is 0 Å². The van der Waals surface area contributed by atoms with E-state index in [0.29, 0.717) is 11.1 Å². The molecule has 1 N–H and O–H groups in total. The Morgan fingerprint density at radius 3 is 2.33 bits per heavy atom. The van der Waals surface area contributed by atoms with Gasteiger partial charge in [-0.1, -0.05) is 24.3 Å². The highest BCUT2D eigenvalue weighted by molar-refractivity contribution is 6.07. The minimum Gasteiger partial charge on any atom is -0.502 e. The van der Waals surface area contributed by atoms with Crippen molar-refractivity contribution in [3.05, 3.63) is 79.4 Å². The molecule has 0 atom stereocenters. The maximum atomic E-state index is 12.1. The number of aromatic hydroxyl groups is 1. The quantitative estimate of drug-likeness (QED) is 0.388. The largest absolute Gasteiger partial charge is 0.502 e. The summed E-state index contributed by atoms with van der Waals surface area (Å²) < 4.78 is 0. The molecule has 0 unspecified atom stereocenters. The first kappa shape index (κ1) is 16.8. The number of hydrogen-bond acceptors (Lipinski definition) is 6. The lowest BCUT2D eigenvalue weighted by Crippen LogP contribution is -1.98. The van der Waals surface area contributed by atoms with Crippen LogP contribution in [0.4, 0.5) is 11.4 Å². The van der Waals surface area contributed by atoms with Crippen LogP contribution >= 0.6 is 0 Å². The van der Waals surface area contributed by atoms with Crippen LogP contribution in [-0.4, -0.2) is 20.7 Å². The van der Waals surface area contributed by atoms with Gasteiger partial charge in [-0.3, -0.25) is 25.0 Å². The highest BCUT2D eigenvalue weighted by atomic mass is 16.6. The molecule has 2 aromatic carbocycles. The van der Waals surface area contributed by atoms with Gasteiger partial charge in [-0.2, -0.15) is 0 Å². The summed E-state index contributed by atoms with van der Waals surface area (Å²) >= 11 is 0. The number of carbonyl (C=O) groups excluding carboxylic acids is 1. The molecular formula is C16H12N2O6. The molecule has 0 aliphatic rings. The van der Waals surface area contributed by atoms with Gasteiger partial charge >= 0.3 is 5.69 Å². The number of carbonyl (C=O) groups is 1. The fourth-order valence-corrected chi connectivity index (χ4v) is 2.02. The third kappa shape index (κ3) is 3.61. The Morgan fingerprint density at radius 2 is 1.71 bits per heavy atom. The average molecular weight is 328 g/mol. The minimum atomic E-state index is -0.738. The van der Waals surface area contributed by atoms with E-state index >= 15 is 0 Å². The van der Waals surface area contributed by atoms with Crippen molar-refractivity contribution in [2.75, 3.05) is 0 Å². The molecule has 8 heteroatoms. The van der Waals surface area contributed by atoms with Crippen LogP contribution in [0.25, 0.3) is 6.08 Å². The molecule has 122 valence electrons. The Labute approximate surface area is 136 Å². The topological polar surface area (TPSA) is 124 Å². The lowest BCUT2D eigenvalue weighted by molar-refractivity contribution is -0.385. The van der Waals surface area contributed by atoms with Gasteiger partial charge in [-0.05, 0) is 24.6 Å². The summed E-state index contributed by atoms with van der Waals surface area (Å²) in [6.45, 7) is 1.57. The highest BCUT2D eigenvalue weighted by Gasteiger charge is 2.14. The van der Waals surface area contributed by atoms with Crippen molar-refractivity contribution >= 4 is 23.2 Å². The third-order valence-corrected chi connectivity index (χ3v) is 3.31. The first-order valence-electron chi connectivity index (χ1n) is 6.74. The zero-order valence-electron chi connectivity index (χ0n) is 12.5. The van der Waals surface area contributed by atoms with Gasteiger partial charge in [0.15, 0.2) is 11.5 Å². The van der Waals surface area contributed by atoms with E-state index < -0.39 is 27.1 Å². The van der Waals surface area contributed by atoms with Crippen LogP contribution in [0.1, 0.15) is 21.5 Å². The normalized spacial score (nSPS) is 10.7. The molecule has 0 saturated heterocycles. The van der Waals surface area contributed by atoms with Crippen molar-refractivity contribution in [3.63, 3.8) is 0 Å². The summed E-state index contributed by atoms with van der Waals surface area (Å²) in [4.78, 5) is 32.4. The fraction of sp³-hybridized carbons (Fsp3) is 0.0625. The maximum absolute atomic E-state index is 12.1. The molecule has 0 saturated carbocycles. The van der Waals surface area contributed by atoms with Crippen molar-refractivity contribution in [1.82, 2.24) is 0 Å². The number of nitrogens with zero attached hydrogens (tertiary/aromatic N) is 2. The van der Waals surface area contributed by atoms with Crippen LogP contribution in [0.5, 0.6) is 5.75 Å². The van der Waals surface area contributed by atoms with Crippen molar-refractivity contribution < 1.29 is 19.7 Å². The lowest BCUT2D eigenvalue weighted by atomic mass is 10.1. The number of aryl methyl sites for hydroxylation is 1. The van der Waals surface area contributed by atoms with E-state index in [1.54, 1.807) is 6.92 Å². The van der Waals surface area contributed by atoms with Gasteiger partial charge in [0.2, 0.25) is 0 Å². The predicted molar refractivity (Wildman–Crippen MR) is 86.0 cm³/mol. The summed E-state index contributed by atoms with van der Waals surface area (Å²) in [5.41, 5.74) is 0.283. The van der Waals surface area contributed by atoms with Crippen LogP contribution in [0.3, 0.4) is 0 Å². The van der Waals surface area contributed by atoms with E-state index in [1.165, 1.54) is 30.3 Å². The maximum Gasteiger partial charge on any atom is 0.311 e. The van der Waals surface area contributed by atoms with E-state index in [2.05, 4.69) is 0 Å². The van der Waals surface area contributed by atoms with Gasteiger partial charge < -0.3 is 5.11 Å². The van der Waals surface area contributed by atoms with Gasteiger partial charge in [-0.15, -0.1) is 0 Å². The van der Waals surface area contributed by atoms with Crippen molar-refractivity contribution in [1.29, 1.82) is 0 Å². The van der Waals surface area contributed by atoms with Gasteiger partial charge in [0.1, 0.15) is 0 Å². The van der Waals surface area contributed by atoms with Crippen molar-refractivity contribution in [2.45, 2.75) is 6.92 Å². The summed E-state index contributed by atoms with van der Waals surface area (Å²) in [6.07, 6.45) is 2.49. The first-order valence-corrected chi connectivity index (χ1v) is 6.74. The third-order valence-electron chi connectivity index (χ3n) is 3.31. The molecule has 0 fully saturated rings. The number of ketones is 1. The Hall–Kier alpha value is -3.55. The van der Waals surface area contributed by atoms with E-state index in [4.69, 9.17) is 0 Å². The van der Waals surface area contributed by atoms with Crippen LogP contribution in [0, 0.1) is 27.2 Å².